The van der Waals surface area contributed by atoms with Gasteiger partial charge in [-0.1, -0.05) is 47.6 Å². The first-order chi connectivity index (χ1) is 14.9. The Morgan fingerprint density at radius 2 is 2.06 bits per heavy atom. The van der Waals surface area contributed by atoms with Crippen LogP contribution in [0.15, 0.2) is 63.9 Å². The molecule has 0 atom stereocenters. The van der Waals surface area contributed by atoms with E-state index in [-0.39, 0.29) is 23.8 Å². The fraction of sp³-hybridized carbons (Fsp3) is 0.136. The summed E-state index contributed by atoms with van der Waals surface area (Å²) in [6.07, 6.45) is 0. The van der Waals surface area contributed by atoms with E-state index in [1.54, 1.807) is 41.8 Å². The molecule has 2 aromatic heterocycles. The van der Waals surface area contributed by atoms with E-state index in [0.717, 1.165) is 17.3 Å². The van der Waals surface area contributed by atoms with Gasteiger partial charge in [-0.3, -0.25) is 14.2 Å². The lowest BCUT2D eigenvalue weighted by Gasteiger charge is -2.13. The van der Waals surface area contributed by atoms with Crippen LogP contribution >= 0.6 is 34.7 Å². The van der Waals surface area contributed by atoms with Crippen LogP contribution in [0.1, 0.15) is 11.1 Å². The highest BCUT2D eigenvalue weighted by atomic mass is 35.5. The van der Waals surface area contributed by atoms with Crippen molar-refractivity contribution in [3.63, 3.8) is 0 Å². The number of halogens is 2. The zero-order valence-corrected chi connectivity index (χ0v) is 18.8. The molecule has 158 valence electrons. The molecule has 0 spiro atoms. The van der Waals surface area contributed by atoms with E-state index in [9.17, 15) is 14.0 Å². The van der Waals surface area contributed by atoms with E-state index in [0.29, 0.717) is 31.6 Å². The van der Waals surface area contributed by atoms with Gasteiger partial charge in [-0.05, 0) is 42.1 Å². The van der Waals surface area contributed by atoms with Crippen LogP contribution in [0.25, 0.3) is 10.2 Å². The van der Waals surface area contributed by atoms with Gasteiger partial charge in [0.15, 0.2) is 5.16 Å². The van der Waals surface area contributed by atoms with Crippen LogP contribution in [0.3, 0.4) is 0 Å². The molecule has 0 radical (unpaired) electrons. The molecule has 4 rings (SSSR count). The Bertz CT molecular complexity index is 1340. The van der Waals surface area contributed by atoms with E-state index >= 15 is 0 Å². The van der Waals surface area contributed by atoms with Crippen molar-refractivity contribution in [1.29, 1.82) is 0 Å². The normalized spacial score (nSPS) is 11.1. The largest absolute Gasteiger partial charge is 0.325 e. The summed E-state index contributed by atoms with van der Waals surface area (Å²) >= 11 is 8.53. The Labute approximate surface area is 190 Å². The summed E-state index contributed by atoms with van der Waals surface area (Å²) in [4.78, 5) is 30.0. The van der Waals surface area contributed by atoms with Crippen LogP contribution in [0.5, 0.6) is 0 Å². The number of nitrogens with one attached hydrogen (secondary N) is 1. The average Bonchev–Trinajstić information content (AvgIpc) is 3.22. The zero-order chi connectivity index (χ0) is 22.0. The minimum Gasteiger partial charge on any atom is -0.325 e. The molecule has 0 unspecified atom stereocenters. The number of thioether (sulfide) groups is 1. The van der Waals surface area contributed by atoms with Gasteiger partial charge in [-0.15, -0.1) is 11.3 Å². The number of fused-ring (bicyclic) bond motifs is 1. The van der Waals surface area contributed by atoms with Crippen LogP contribution in [-0.4, -0.2) is 21.2 Å². The number of nitrogens with zero attached hydrogens (tertiary/aromatic N) is 2. The summed E-state index contributed by atoms with van der Waals surface area (Å²) in [5, 5.41) is 5.50. The number of anilines is 1. The molecule has 0 bridgehead atoms. The molecule has 9 heteroatoms. The number of aryl methyl sites for hydroxylation is 1. The molecule has 0 aliphatic rings. The molecule has 0 saturated heterocycles. The first-order valence-corrected chi connectivity index (χ1v) is 11.6. The van der Waals surface area contributed by atoms with Crippen molar-refractivity contribution < 1.29 is 9.18 Å². The molecule has 2 aromatic carbocycles. The summed E-state index contributed by atoms with van der Waals surface area (Å²) in [6.45, 7) is 1.91. The third-order valence-corrected chi connectivity index (χ3v) is 6.88. The zero-order valence-electron chi connectivity index (χ0n) is 16.4. The molecule has 0 aliphatic carbocycles. The minimum atomic E-state index is -0.398. The van der Waals surface area contributed by atoms with E-state index in [4.69, 9.17) is 11.6 Å². The second kappa shape index (κ2) is 9.21. The summed E-state index contributed by atoms with van der Waals surface area (Å²) in [5.74, 6) is -0.627. The molecule has 1 N–H and O–H groups in total. The highest BCUT2D eigenvalue weighted by Gasteiger charge is 2.16. The Hall–Kier alpha value is -2.68. The number of benzene rings is 2. The Kier molecular flexibility index (Phi) is 6.41. The lowest BCUT2D eigenvalue weighted by atomic mass is 10.2. The summed E-state index contributed by atoms with van der Waals surface area (Å²) in [6, 6.07) is 13.3. The fourth-order valence-corrected chi connectivity index (χ4v) is 4.73. The minimum absolute atomic E-state index is 0.0316. The topological polar surface area (TPSA) is 64.0 Å². The maximum absolute atomic E-state index is 14.2. The Morgan fingerprint density at radius 1 is 1.26 bits per heavy atom. The van der Waals surface area contributed by atoms with Crippen molar-refractivity contribution in [3.05, 3.63) is 86.2 Å². The molecule has 31 heavy (non-hydrogen) atoms. The fourth-order valence-electron chi connectivity index (χ4n) is 2.97. The van der Waals surface area contributed by atoms with E-state index in [1.165, 1.54) is 22.0 Å². The maximum Gasteiger partial charge on any atom is 0.272 e. The Balaban J connectivity index is 1.58. The summed E-state index contributed by atoms with van der Waals surface area (Å²) < 4.78 is 16.1. The highest BCUT2D eigenvalue weighted by Crippen LogP contribution is 2.23. The molecule has 4 aromatic rings. The van der Waals surface area contributed by atoms with Crippen LogP contribution in [0, 0.1) is 12.7 Å². The number of carbonyl (C=O) groups excluding carboxylic acids is 1. The van der Waals surface area contributed by atoms with Crippen molar-refractivity contribution in [2.24, 2.45) is 0 Å². The van der Waals surface area contributed by atoms with Gasteiger partial charge in [0.1, 0.15) is 10.5 Å². The van der Waals surface area contributed by atoms with Gasteiger partial charge in [-0.2, -0.15) is 0 Å². The summed E-state index contributed by atoms with van der Waals surface area (Å²) in [5.41, 5.74) is 2.19. The predicted molar refractivity (Wildman–Crippen MR) is 125 cm³/mol. The van der Waals surface area contributed by atoms with Gasteiger partial charge in [0.2, 0.25) is 5.91 Å². The number of carbonyl (C=O) groups is 1. The first-order valence-electron chi connectivity index (χ1n) is 9.32. The molecule has 0 saturated carbocycles. The van der Waals surface area contributed by atoms with Crippen molar-refractivity contribution in [1.82, 2.24) is 9.55 Å². The van der Waals surface area contributed by atoms with Crippen molar-refractivity contribution in [2.45, 2.75) is 18.6 Å². The maximum atomic E-state index is 14.2. The summed E-state index contributed by atoms with van der Waals surface area (Å²) in [7, 11) is 0. The van der Waals surface area contributed by atoms with Crippen molar-refractivity contribution in [3.8, 4) is 0 Å². The van der Waals surface area contributed by atoms with Crippen LogP contribution in [-0.2, 0) is 11.3 Å². The van der Waals surface area contributed by atoms with E-state index in [1.807, 2.05) is 13.0 Å². The van der Waals surface area contributed by atoms with Gasteiger partial charge in [0.25, 0.3) is 5.56 Å². The van der Waals surface area contributed by atoms with E-state index < -0.39 is 5.82 Å². The number of rotatable bonds is 6. The van der Waals surface area contributed by atoms with Gasteiger partial charge >= 0.3 is 0 Å². The monoisotopic (exact) mass is 473 g/mol. The number of amides is 1. The molecular weight excluding hydrogens is 457 g/mol. The lowest BCUT2D eigenvalue weighted by Crippen LogP contribution is -2.24. The first kappa shape index (κ1) is 21.5. The average molecular weight is 474 g/mol. The van der Waals surface area contributed by atoms with Gasteiger partial charge in [-0.25, -0.2) is 9.37 Å². The van der Waals surface area contributed by atoms with Gasteiger partial charge in [0.05, 0.1) is 17.8 Å². The van der Waals surface area contributed by atoms with Crippen molar-refractivity contribution in [2.75, 3.05) is 11.1 Å². The SMILES string of the molecule is Cc1ccc(NC(=O)CSc2nc3ccsc3c(=O)n2Cc2ccccc2F)cc1Cl. The van der Waals surface area contributed by atoms with Crippen molar-refractivity contribution >= 4 is 56.5 Å². The number of hydrogen-bond donors (Lipinski definition) is 1. The predicted octanol–water partition coefficient (Wildman–Crippen LogP) is 5.34. The molecule has 0 fully saturated rings. The van der Waals surface area contributed by atoms with Gasteiger partial charge < -0.3 is 5.32 Å². The van der Waals surface area contributed by atoms with E-state index in [2.05, 4.69) is 10.3 Å². The third-order valence-electron chi connectivity index (χ3n) is 4.61. The highest BCUT2D eigenvalue weighted by molar-refractivity contribution is 7.99. The molecule has 0 aliphatic heterocycles. The third kappa shape index (κ3) is 4.81. The smallest absolute Gasteiger partial charge is 0.272 e. The number of aromatic nitrogens is 2. The van der Waals surface area contributed by atoms with Crippen LogP contribution < -0.4 is 10.9 Å². The molecule has 1 amide bonds. The Morgan fingerprint density at radius 3 is 2.84 bits per heavy atom. The number of thiophene rings is 1. The quantitative estimate of drug-likeness (QED) is 0.303. The van der Waals surface area contributed by atoms with Crippen LogP contribution in [0.4, 0.5) is 10.1 Å². The molecule has 2 heterocycles. The standard InChI is InChI=1S/C22H17ClFN3O2S2/c1-13-6-7-15(10-16(13)23)25-19(28)12-31-22-26-18-8-9-30-20(18)21(29)27(22)11-14-4-2-3-5-17(14)24/h2-10H,11-12H2,1H3,(H,25,28). The number of hydrogen-bond acceptors (Lipinski definition) is 5. The second-order valence-electron chi connectivity index (χ2n) is 6.81. The second-order valence-corrected chi connectivity index (χ2v) is 9.08. The lowest BCUT2D eigenvalue weighted by molar-refractivity contribution is -0.113. The molecule has 5 nitrogen and oxygen atoms in total. The molecular formula is C22H17ClFN3O2S2. The van der Waals surface area contributed by atoms with Gasteiger partial charge in [0, 0.05) is 16.3 Å². The van der Waals surface area contributed by atoms with Crippen LogP contribution in [0.2, 0.25) is 5.02 Å².